The zero-order valence-electron chi connectivity index (χ0n) is 14.6. The third kappa shape index (κ3) is 3.96. The Morgan fingerprint density at radius 3 is 2.72 bits per heavy atom. The molecule has 1 N–H and O–H groups in total. The van der Waals surface area contributed by atoms with Crippen LogP contribution in [-0.4, -0.2) is 42.5 Å². The largest absolute Gasteiger partial charge is 0.348 e. The normalized spacial score (nSPS) is 12.5. The van der Waals surface area contributed by atoms with Crippen LogP contribution in [0.25, 0.3) is 0 Å². The van der Waals surface area contributed by atoms with E-state index < -0.39 is 0 Å². The summed E-state index contributed by atoms with van der Waals surface area (Å²) in [6.07, 6.45) is 7.64. The number of rotatable bonds is 7. The van der Waals surface area contributed by atoms with Crippen LogP contribution in [0.15, 0.2) is 41.6 Å². The highest BCUT2D eigenvalue weighted by Gasteiger charge is 2.25. The smallest absolute Gasteiger partial charge is 0.246 e. The first-order chi connectivity index (χ1) is 12.0. The molecule has 0 saturated heterocycles. The molecule has 3 aromatic rings. The number of nitrogens with zero attached hydrogens (tertiary/aromatic N) is 5. The van der Waals surface area contributed by atoms with Crippen LogP contribution in [0.2, 0.25) is 0 Å². The predicted octanol–water partition coefficient (Wildman–Crippen LogP) is 2.16. The molecule has 0 bridgehead atoms. The lowest BCUT2D eigenvalue weighted by atomic mass is 10.1. The molecule has 8 nitrogen and oxygen atoms in total. The molecule has 0 radical (unpaired) electrons. The Kier molecular flexibility index (Phi) is 4.97. The van der Waals surface area contributed by atoms with Crippen molar-refractivity contribution in [1.82, 2.24) is 29.6 Å². The number of amides is 1. The van der Waals surface area contributed by atoms with Gasteiger partial charge in [-0.15, -0.1) is 0 Å². The van der Waals surface area contributed by atoms with Crippen molar-refractivity contribution in [3.8, 4) is 0 Å². The summed E-state index contributed by atoms with van der Waals surface area (Å²) in [5.74, 6) is 1.24. The molecule has 0 aromatic carbocycles. The van der Waals surface area contributed by atoms with E-state index in [1.54, 1.807) is 24.5 Å². The molecular formula is C17H22N6O2. The fourth-order valence-electron chi connectivity index (χ4n) is 2.58. The number of hydrogen-bond acceptors (Lipinski definition) is 5. The Balaban J connectivity index is 1.74. The topological polar surface area (TPSA) is 92.8 Å². The number of likely N-dealkylation sites (N-methyl/N-ethyl adjacent to an activating group) is 1. The van der Waals surface area contributed by atoms with E-state index in [2.05, 4.69) is 20.1 Å². The van der Waals surface area contributed by atoms with Crippen LogP contribution in [-0.2, 0) is 17.8 Å². The van der Waals surface area contributed by atoms with Crippen LogP contribution in [0.1, 0.15) is 43.2 Å². The molecule has 0 aliphatic heterocycles. The van der Waals surface area contributed by atoms with E-state index >= 15 is 0 Å². The molecule has 3 aromatic heterocycles. The maximum atomic E-state index is 13.0. The summed E-state index contributed by atoms with van der Waals surface area (Å²) in [6.45, 7) is 4.27. The maximum Gasteiger partial charge on any atom is 0.246 e. The van der Waals surface area contributed by atoms with Crippen LogP contribution in [0.5, 0.6) is 0 Å². The Hall–Kier alpha value is -2.90. The van der Waals surface area contributed by atoms with Crippen LogP contribution >= 0.6 is 0 Å². The standard InChI is InChI=1S/C17H22N6O2/c1-12(2)16-20-15(25-21-16)10-22(3)17(24)14(23-6-4-5-7-23)8-13-9-18-11-19-13/h4-7,9,11-12,14H,8,10H2,1-3H3,(H,18,19). The van der Waals surface area contributed by atoms with Crippen molar-refractivity contribution >= 4 is 5.91 Å². The molecule has 132 valence electrons. The van der Waals surface area contributed by atoms with Crippen molar-refractivity contribution in [2.24, 2.45) is 0 Å². The quantitative estimate of drug-likeness (QED) is 0.710. The monoisotopic (exact) mass is 342 g/mol. The van der Waals surface area contributed by atoms with Crippen molar-refractivity contribution in [3.05, 3.63) is 54.5 Å². The number of carbonyl (C=O) groups is 1. The third-order valence-corrected chi connectivity index (χ3v) is 3.99. The first-order valence-electron chi connectivity index (χ1n) is 8.21. The average Bonchev–Trinajstić information content (AvgIpc) is 3.33. The van der Waals surface area contributed by atoms with Gasteiger partial charge in [0.25, 0.3) is 0 Å². The first kappa shape index (κ1) is 16.9. The summed E-state index contributed by atoms with van der Waals surface area (Å²) >= 11 is 0. The minimum absolute atomic E-state index is 0.0323. The number of carbonyl (C=O) groups excluding carboxylic acids is 1. The van der Waals surface area contributed by atoms with E-state index in [4.69, 9.17) is 4.52 Å². The molecule has 25 heavy (non-hydrogen) atoms. The SMILES string of the molecule is CC(C)c1noc(CN(C)C(=O)C(Cc2cnc[nH]2)n2cccc2)n1. The highest BCUT2D eigenvalue weighted by molar-refractivity contribution is 5.80. The van der Waals surface area contributed by atoms with Gasteiger partial charge in [0.2, 0.25) is 11.8 Å². The minimum Gasteiger partial charge on any atom is -0.348 e. The van der Waals surface area contributed by atoms with Gasteiger partial charge in [-0.25, -0.2) is 4.98 Å². The number of H-pyrrole nitrogens is 1. The van der Waals surface area contributed by atoms with Crippen molar-refractivity contribution in [2.75, 3.05) is 7.05 Å². The highest BCUT2D eigenvalue weighted by atomic mass is 16.5. The van der Waals surface area contributed by atoms with Crippen molar-refractivity contribution in [3.63, 3.8) is 0 Å². The molecule has 1 atom stereocenters. The zero-order chi connectivity index (χ0) is 17.8. The van der Waals surface area contributed by atoms with Crippen molar-refractivity contribution in [1.29, 1.82) is 0 Å². The molecule has 0 spiro atoms. The second kappa shape index (κ2) is 7.33. The second-order valence-electron chi connectivity index (χ2n) is 6.32. The van der Waals surface area contributed by atoms with Gasteiger partial charge < -0.3 is 19.0 Å². The zero-order valence-corrected chi connectivity index (χ0v) is 14.6. The lowest BCUT2D eigenvalue weighted by molar-refractivity contribution is -0.134. The Morgan fingerprint density at radius 1 is 1.36 bits per heavy atom. The van der Waals surface area contributed by atoms with E-state index in [9.17, 15) is 4.79 Å². The van der Waals surface area contributed by atoms with Gasteiger partial charge in [0.05, 0.1) is 12.9 Å². The number of nitrogens with one attached hydrogen (secondary N) is 1. The van der Waals surface area contributed by atoms with E-state index in [0.717, 1.165) is 5.69 Å². The molecule has 3 rings (SSSR count). The van der Waals surface area contributed by atoms with Gasteiger partial charge >= 0.3 is 0 Å². The molecule has 0 aliphatic rings. The van der Waals surface area contributed by atoms with Crippen LogP contribution < -0.4 is 0 Å². The van der Waals surface area contributed by atoms with E-state index in [1.165, 1.54) is 0 Å². The van der Waals surface area contributed by atoms with Gasteiger partial charge in [-0.2, -0.15) is 4.98 Å². The van der Waals surface area contributed by atoms with Gasteiger partial charge in [0.15, 0.2) is 5.82 Å². The summed E-state index contributed by atoms with van der Waals surface area (Å²) in [5, 5.41) is 3.94. The van der Waals surface area contributed by atoms with Crippen LogP contribution in [0.4, 0.5) is 0 Å². The Bertz CT molecular complexity index is 791. The minimum atomic E-state index is -0.368. The summed E-state index contributed by atoms with van der Waals surface area (Å²) in [4.78, 5) is 26.0. The summed E-state index contributed by atoms with van der Waals surface area (Å²) in [5.41, 5.74) is 0.903. The Morgan fingerprint density at radius 2 is 2.12 bits per heavy atom. The Labute approximate surface area is 145 Å². The third-order valence-electron chi connectivity index (χ3n) is 3.99. The summed E-state index contributed by atoms with van der Waals surface area (Å²) < 4.78 is 7.14. The van der Waals surface area contributed by atoms with E-state index in [-0.39, 0.29) is 24.4 Å². The fourth-order valence-corrected chi connectivity index (χ4v) is 2.58. The fraction of sp³-hybridized carbons (Fsp3) is 0.412. The molecule has 0 aliphatic carbocycles. The molecule has 8 heteroatoms. The lowest BCUT2D eigenvalue weighted by Gasteiger charge is -2.23. The van der Waals surface area contributed by atoms with Crippen LogP contribution in [0.3, 0.4) is 0 Å². The van der Waals surface area contributed by atoms with Gasteiger partial charge in [-0.1, -0.05) is 19.0 Å². The molecule has 0 fully saturated rings. The number of hydrogen-bond donors (Lipinski definition) is 1. The average molecular weight is 342 g/mol. The van der Waals surface area contributed by atoms with Crippen molar-refractivity contribution < 1.29 is 9.32 Å². The van der Waals surface area contributed by atoms with E-state index in [1.807, 2.05) is 42.9 Å². The van der Waals surface area contributed by atoms with Crippen LogP contribution in [0, 0.1) is 0 Å². The number of aromatic nitrogens is 5. The number of imidazole rings is 1. The summed E-state index contributed by atoms with van der Waals surface area (Å²) in [6, 6.07) is 3.44. The van der Waals surface area contributed by atoms with Gasteiger partial charge in [-0.05, 0) is 12.1 Å². The van der Waals surface area contributed by atoms with E-state index in [0.29, 0.717) is 18.1 Å². The molecule has 1 amide bonds. The first-order valence-corrected chi connectivity index (χ1v) is 8.21. The van der Waals surface area contributed by atoms with Gasteiger partial charge in [0.1, 0.15) is 6.04 Å². The lowest BCUT2D eigenvalue weighted by Crippen LogP contribution is -2.35. The predicted molar refractivity (Wildman–Crippen MR) is 90.6 cm³/mol. The highest BCUT2D eigenvalue weighted by Crippen LogP contribution is 2.18. The molecule has 3 heterocycles. The second-order valence-corrected chi connectivity index (χ2v) is 6.32. The van der Waals surface area contributed by atoms with Crippen molar-refractivity contribution in [2.45, 2.75) is 38.8 Å². The van der Waals surface area contributed by atoms with Gasteiger partial charge in [-0.3, -0.25) is 4.79 Å². The molecular weight excluding hydrogens is 320 g/mol. The maximum absolute atomic E-state index is 13.0. The number of aromatic amines is 1. The molecule has 1 unspecified atom stereocenters. The molecule has 0 saturated carbocycles. The van der Waals surface area contributed by atoms with Gasteiger partial charge in [0, 0.05) is 43.7 Å². The summed E-state index contributed by atoms with van der Waals surface area (Å²) in [7, 11) is 1.74.